The highest BCUT2D eigenvalue weighted by molar-refractivity contribution is 5.95. The SMILES string of the molecule is Nc1nccc2ccc(-c3ccc4c(c3)c(COc3ccccc3CC(=O)O)nn4C3CCCC3)cc12. The smallest absolute Gasteiger partial charge is 0.307 e. The molecule has 0 saturated heterocycles. The first kappa shape index (κ1) is 23.0. The van der Waals surface area contributed by atoms with Crippen molar-refractivity contribution in [3.05, 3.63) is 84.2 Å². The zero-order valence-electron chi connectivity index (χ0n) is 20.4. The number of hydrogen-bond acceptors (Lipinski definition) is 5. The molecule has 7 nitrogen and oxygen atoms in total. The fourth-order valence-corrected chi connectivity index (χ4v) is 5.39. The monoisotopic (exact) mass is 492 g/mol. The lowest BCUT2D eigenvalue weighted by Gasteiger charge is -2.11. The molecule has 0 radical (unpaired) electrons. The van der Waals surface area contributed by atoms with Gasteiger partial charge < -0.3 is 15.6 Å². The number of hydrogen-bond donors (Lipinski definition) is 2. The minimum atomic E-state index is -0.886. The van der Waals surface area contributed by atoms with Gasteiger partial charge in [0.15, 0.2) is 0 Å². The molecule has 5 aromatic rings. The van der Waals surface area contributed by atoms with Crippen molar-refractivity contribution in [2.45, 2.75) is 44.8 Å². The summed E-state index contributed by atoms with van der Waals surface area (Å²) in [6.07, 6.45) is 6.31. The summed E-state index contributed by atoms with van der Waals surface area (Å²) in [7, 11) is 0. The van der Waals surface area contributed by atoms with E-state index in [1.165, 1.54) is 12.8 Å². The lowest BCUT2D eigenvalue weighted by Crippen LogP contribution is -2.08. The molecule has 37 heavy (non-hydrogen) atoms. The second-order valence-corrected chi connectivity index (χ2v) is 9.66. The Bertz CT molecular complexity index is 1620. The predicted octanol–water partition coefficient (Wildman–Crippen LogP) is 6.15. The van der Waals surface area contributed by atoms with Crippen molar-refractivity contribution in [2.24, 2.45) is 0 Å². The molecule has 0 amide bonds. The second kappa shape index (κ2) is 9.58. The van der Waals surface area contributed by atoms with E-state index in [0.29, 0.717) is 23.2 Å². The van der Waals surface area contributed by atoms with Crippen LogP contribution in [0, 0.1) is 0 Å². The van der Waals surface area contributed by atoms with Crippen LogP contribution in [0.3, 0.4) is 0 Å². The highest BCUT2D eigenvalue weighted by atomic mass is 16.5. The number of pyridine rings is 1. The van der Waals surface area contributed by atoms with Gasteiger partial charge in [0.2, 0.25) is 0 Å². The van der Waals surface area contributed by atoms with Crippen LogP contribution in [-0.4, -0.2) is 25.8 Å². The van der Waals surface area contributed by atoms with Crippen LogP contribution in [-0.2, 0) is 17.8 Å². The molecule has 2 heterocycles. The molecule has 186 valence electrons. The maximum atomic E-state index is 11.3. The molecular formula is C30H28N4O3. The number of para-hydroxylation sites is 1. The summed E-state index contributed by atoms with van der Waals surface area (Å²) in [6.45, 7) is 0.255. The van der Waals surface area contributed by atoms with Gasteiger partial charge in [-0.25, -0.2) is 4.98 Å². The number of carbonyl (C=O) groups is 1. The van der Waals surface area contributed by atoms with Crippen molar-refractivity contribution in [1.82, 2.24) is 14.8 Å². The molecule has 1 fully saturated rings. The quantitative estimate of drug-likeness (QED) is 0.282. The Hall–Kier alpha value is -4.39. The first-order chi connectivity index (χ1) is 18.1. The van der Waals surface area contributed by atoms with Gasteiger partial charge in [0.25, 0.3) is 0 Å². The van der Waals surface area contributed by atoms with Gasteiger partial charge in [-0.3, -0.25) is 9.48 Å². The van der Waals surface area contributed by atoms with E-state index in [4.69, 9.17) is 15.6 Å². The molecule has 0 bridgehead atoms. The lowest BCUT2D eigenvalue weighted by molar-refractivity contribution is -0.136. The maximum absolute atomic E-state index is 11.3. The van der Waals surface area contributed by atoms with Gasteiger partial charge >= 0.3 is 5.97 Å². The fourth-order valence-electron chi connectivity index (χ4n) is 5.39. The average Bonchev–Trinajstić information content (AvgIpc) is 3.56. The molecule has 1 aliphatic carbocycles. The minimum absolute atomic E-state index is 0.0858. The van der Waals surface area contributed by atoms with Gasteiger partial charge in [-0.2, -0.15) is 5.10 Å². The van der Waals surface area contributed by atoms with Gasteiger partial charge in [-0.15, -0.1) is 0 Å². The van der Waals surface area contributed by atoms with Crippen LogP contribution in [0.1, 0.15) is 43.0 Å². The van der Waals surface area contributed by atoms with E-state index in [1.54, 1.807) is 12.3 Å². The van der Waals surface area contributed by atoms with Crippen LogP contribution >= 0.6 is 0 Å². The molecule has 0 unspecified atom stereocenters. The van der Waals surface area contributed by atoms with Crippen LogP contribution in [0.2, 0.25) is 0 Å². The maximum Gasteiger partial charge on any atom is 0.307 e. The number of anilines is 1. The second-order valence-electron chi connectivity index (χ2n) is 9.66. The molecule has 0 atom stereocenters. The number of carboxylic acid groups (broad SMARTS) is 1. The number of fused-ring (bicyclic) bond motifs is 2. The molecule has 3 aromatic carbocycles. The normalized spacial score (nSPS) is 13.9. The Labute approximate surface area is 214 Å². The number of carboxylic acids is 1. The van der Waals surface area contributed by atoms with Crippen molar-refractivity contribution in [3.63, 3.8) is 0 Å². The van der Waals surface area contributed by atoms with Crippen molar-refractivity contribution >= 4 is 33.5 Å². The number of aliphatic carboxylic acids is 1. The third-order valence-corrected chi connectivity index (χ3v) is 7.26. The summed E-state index contributed by atoms with van der Waals surface area (Å²) in [6, 6.07) is 22.3. The Balaban J connectivity index is 1.40. The number of ether oxygens (including phenoxy) is 1. The van der Waals surface area contributed by atoms with Gasteiger partial charge in [-0.05, 0) is 59.7 Å². The van der Waals surface area contributed by atoms with E-state index in [2.05, 4.69) is 46.1 Å². The van der Waals surface area contributed by atoms with Crippen LogP contribution < -0.4 is 10.5 Å². The first-order valence-corrected chi connectivity index (χ1v) is 12.6. The van der Waals surface area contributed by atoms with E-state index in [9.17, 15) is 9.90 Å². The number of benzene rings is 3. The summed E-state index contributed by atoms with van der Waals surface area (Å²) in [5.74, 6) is 0.202. The minimum Gasteiger partial charge on any atom is -0.487 e. The van der Waals surface area contributed by atoms with Crippen molar-refractivity contribution in [3.8, 4) is 16.9 Å². The van der Waals surface area contributed by atoms with E-state index >= 15 is 0 Å². The van der Waals surface area contributed by atoms with Crippen LogP contribution in [0.15, 0.2) is 72.9 Å². The topological polar surface area (TPSA) is 103 Å². The molecule has 2 aromatic heterocycles. The molecule has 0 spiro atoms. The van der Waals surface area contributed by atoms with Crippen molar-refractivity contribution < 1.29 is 14.6 Å². The Morgan fingerprint density at radius 2 is 1.76 bits per heavy atom. The van der Waals surface area contributed by atoms with Gasteiger partial charge in [0.1, 0.15) is 23.9 Å². The largest absolute Gasteiger partial charge is 0.487 e. The Morgan fingerprint density at radius 3 is 2.57 bits per heavy atom. The molecule has 6 rings (SSSR count). The molecule has 0 aliphatic heterocycles. The summed E-state index contributed by atoms with van der Waals surface area (Å²) < 4.78 is 8.33. The number of rotatable bonds is 7. The number of nitrogens with zero attached hydrogens (tertiary/aromatic N) is 3. The zero-order valence-corrected chi connectivity index (χ0v) is 20.4. The first-order valence-electron chi connectivity index (χ1n) is 12.6. The average molecular weight is 493 g/mol. The summed E-state index contributed by atoms with van der Waals surface area (Å²) in [4.78, 5) is 15.6. The van der Waals surface area contributed by atoms with Gasteiger partial charge in [-0.1, -0.05) is 49.2 Å². The van der Waals surface area contributed by atoms with Crippen LogP contribution in [0.25, 0.3) is 32.8 Å². The zero-order chi connectivity index (χ0) is 25.4. The number of nitrogens with two attached hydrogens (primary N) is 1. The lowest BCUT2D eigenvalue weighted by atomic mass is 10.00. The summed E-state index contributed by atoms with van der Waals surface area (Å²) >= 11 is 0. The molecule has 1 aliphatic rings. The summed E-state index contributed by atoms with van der Waals surface area (Å²) in [5.41, 5.74) is 10.9. The highest BCUT2D eigenvalue weighted by Gasteiger charge is 2.22. The standard InChI is InChI=1S/C30H28N4O3/c31-30-24-15-20(10-9-19(24)13-14-32-30)21-11-12-27-25(16-21)26(33-34(27)23-6-2-3-7-23)18-37-28-8-4-1-5-22(28)17-29(35)36/h1,4-5,8-16,23H,2-3,6-7,17-18H2,(H2,31,32)(H,35,36). The van der Waals surface area contributed by atoms with Crippen LogP contribution in [0.5, 0.6) is 5.75 Å². The van der Waals surface area contributed by atoms with Gasteiger partial charge in [0.05, 0.1) is 18.0 Å². The van der Waals surface area contributed by atoms with E-state index in [1.807, 2.05) is 24.3 Å². The van der Waals surface area contributed by atoms with E-state index < -0.39 is 5.97 Å². The van der Waals surface area contributed by atoms with Crippen molar-refractivity contribution in [2.75, 3.05) is 5.73 Å². The van der Waals surface area contributed by atoms with Crippen molar-refractivity contribution in [1.29, 1.82) is 0 Å². The third-order valence-electron chi connectivity index (χ3n) is 7.26. The molecular weight excluding hydrogens is 464 g/mol. The van der Waals surface area contributed by atoms with E-state index in [0.717, 1.165) is 51.3 Å². The Kier molecular flexibility index (Phi) is 5.96. The van der Waals surface area contributed by atoms with Crippen LogP contribution in [0.4, 0.5) is 5.82 Å². The number of nitrogen functional groups attached to an aromatic ring is 1. The molecule has 3 N–H and O–H groups in total. The summed E-state index contributed by atoms with van der Waals surface area (Å²) in [5, 5.41) is 17.3. The molecule has 7 heteroatoms. The van der Waals surface area contributed by atoms with Gasteiger partial charge in [0, 0.05) is 22.5 Å². The Morgan fingerprint density at radius 1 is 1.00 bits per heavy atom. The number of aromatic nitrogens is 3. The fraction of sp³-hybridized carbons (Fsp3) is 0.233. The molecule has 1 saturated carbocycles. The predicted molar refractivity (Wildman–Crippen MR) is 145 cm³/mol. The van der Waals surface area contributed by atoms with E-state index in [-0.39, 0.29) is 13.0 Å². The third kappa shape index (κ3) is 4.48. The highest BCUT2D eigenvalue weighted by Crippen LogP contribution is 2.35.